The molecule has 1 aliphatic heterocycles. The second-order valence-electron chi connectivity index (χ2n) is 2.48. The van der Waals surface area contributed by atoms with Gasteiger partial charge in [0, 0.05) is 13.0 Å². The van der Waals surface area contributed by atoms with E-state index < -0.39 is 15.4 Å². The molecule has 0 radical (unpaired) electrons. The molecule has 1 rings (SSSR count). The highest BCUT2D eigenvalue weighted by atomic mass is 32.2. The highest BCUT2D eigenvalue weighted by Gasteiger charge is 2.28. The van der Waals surface area contributed by atoms with E-state index in [1.165, 1.54) is 0 Å². The fourth-order valence-electron chi connectivity index (χ4n) is 1.01. The molecule has 64 valence electrons. The predicted molar refractivity (Wildman–Crippen MR) is 37.6 cm³/mol. The summed E-state index contributed by atoms with van der Waals surface area (Å²) in [6.45, 7) is 0.323. The highest BCUT2D eigenvalue weighted by Crippen LogP contribution is 2.11. The van der Waals surface area contributed by atoms with Crippen LogP contribution in [0.2, 0.25) is 0 Å². The van der Waals surface area contributed by atoms with Crippen molar-refractivity contribution >= 4 is 16.0 Å². The van der Waals surface area contributed by atoms with Crippen LogP contribution in [-0.4, -0.2) is 30.7 Å². The Balaban J connectivity index is 2.68. The maximum Gasteiger partial charge on any atom is 0.268 e. The van der Waals surface area contributed by atoms with Crippen LogP contribution in [0.15, 0.2) is 0 Å². The molecule has 6 heteroatoms. The van der Waals surface area contributed by atoms with E-state index in [0.717, 1.165) is 0 Å². The van der Waals surface area contributed by atoms with Gasteiger partial charge in [-0.05, 0) is 6.42 Å². The number of piperidine rings is 1. The molecule has 1 fully saturated rings. The number of nitrogens with one attached hydrogen (secondary N) is 1. The molecule has 0 bridgehead atoms. The lowest BCUT2D eigenvalue weighted by Crippen LogP contribution is -2.39. The van der Waals surface area contributed by atoms with E-state index in [9.17, 15) is 13.2 Å². The zero-order valence-electron chi connectivity index (χ0n) is 5.78. The number of hydrogen-bond donors (Lipinski definition) is 2. The largest absolute Gasteiger partial charge is 0.356 e. The van der Waals surface area contributed by atoms with Crippen molar-refractivity contribution in [1.82, 2.24) is 5.32 Å². The normalized spacial score (nSPS) is 26.3. The summed E-state index contributed by atoms with van der Waals surface area (Å²) in [4.78, 5) is 10.6. The lowest BCUT2D eigenvalue weighted by molar-refractivity contribution is -0.122. The van der Waals surface area contributed by atoms with Crippen LogP contribution in [0, 0.1) is 0 Å². The summed E-state index contributed by atoms with van der Waals surface area (Å²) in [6, 6.07) is 0. The lowest BCUT2D eigenvalue weighted by atomic mass is 10.1. The van der Waals surface area contributed by atoms with Crippen molar-refractivity contribution in [3.63, 3.8) is 0 Å². The Bertz CT molecular complexity index is 258. The van der Waals surface area contributed by atoms with Crippen LogP contribution in [0.5, 0.6) is 0 Å². The first-order chi connectivity index (χ1) is 5.00. The third-order valence-corrected chi connectivity index (χ3v) is 2.87. The predicted octanol–water partition coefficient (Wildman–Crippen LogP) is -0.847. The van der Waals surface area contributed by atoms with Gasteiger partial charge in [-0.2, -0.15) is 8.42 Å². The van der Waals surface area contributed by atoms with Crippen molar-refractivity contribution in [2.75, 3.05) is 6.54 Å². The first-order valence-electron chi connectivity index (χ1n) is 3.23. The first kappa shape index (κ1) is 8.48. The molecule has 0 aromatic heterocycles. The van der Waals surface area contributed by atoms with Gasteiger partial charge >= 0.3 is 0 Å². The summed E-state index contributed by atoms with van der Waals surface area (Å²) >= 11 is 0. The monoisotopic (exact) mass is 179 g/mol. The molecule has 1 atom stereocenters. The summed E-state index contributed by atoms with van der Waals surface area (Å²) in [6.07, 6.45) is 0.170. The van der Waals surface area contributed by atoms with Gasteiger partial charge in [-0.15, -0.1) is 0 Å². The smallest absolute Gasteiger partial charge is 0.268 e. The SMILES string of the molecule is O=C1CC(S(=O)(=O)O)CCN1. The van der Waals surface area contributed by atoms with Gasteiger partial charge in [-0.3, -0.25) is 9.35 Å². The van der Waals surface area contributed by atoms with Crippen LogP contribution in [-0.2, 0) is 14.9 Å². The standard InChI is InChI=1S/C5H9NO4S/c7-5-3-4(1-2-6-5)11(8,9)10/h4H,1-3H2,(H,6,7)(H,8,9,10). The van der Waals surface area contributed by atoms with E-state index >= 15 is 0 Å². The van der Waals surface area contributed by atoms with Crippen LogP contribution in [0.25, 0.3) is 0 Å². The molecular weight excluding hydrogens is 170 g/mol. The van der Waals surface area contributed by atoms with Crippen molar-refractivity contribution in [1.29, 1.82) is 0 Å². The fraction of sp³-hybridized carbons (Fsp3) is 0.800. The minimum Gasteiger partial charge on any atom is -0.356 e. The van der Waals surface area contributed by atoms with E-state index in [0.29, 0.717) is 13.0 Å². The first-order valence-corrected chi connectivity index (χ1v) is 4.73. The van der Waals surface area contributed by atoms with Gasteiger partial charge in [0.1, 0.15) is 0 Å². The summed E-state index contributed by atoms with van der Waals surface area (Å²) in [5.41, 5.74) is 0. The molecule has 5 nitrogen and oxygen atoms in total. The number of carbonyl (C=O) groups excluding carboxylic acids is 1. The molecule has 1 heterocycles. The summed E-state index contributed by atoms with van der Waals surface area (Å²) in [5.74, 6) is -0.320. The molecule has 1 saturated heterocycles. The van der Waals surface area contributed by atoms with Crippen molar-refractivity contribution in [3.05, 3.63) is 0 Å². The zero-order valence-corrected chi connectivity index (χ0v) is 6.60. The average Bonchev–Trinajstić information content (AvgIpc) is 1.86. The molecule has 11 heavy (non-hydrogen) atoms. The quantitative estimate of drug-likeness (QED) is 0.514. The third-order valence-electron chi connectivity index (χ3n) is 1.62. The maximum atomic E-state index is 10.6. The van der Waals surface area contributed by atoms with Crippen LogP contribution in [0.1, 0.15) is 12.8 Å². The van der Waals surface area contributed by atoms with Crippen molar-refractivity contribution in [2.24, 2.45) is 0 Å². The fourth-order valence-corrected chi connectivity index (χ4v) is 1.79. The summed E-state index contributed by atoms with van der Waals surface area (Å²) in [5, 5.41) is 1.56. The second-order valence-corrected chi connectivity index (χ2v) is 4.18. The minimum atomic E-state index is -4.02. The molecule has 0 saturated carbocycles. The average molecular weight is 179 g/mol. The molecule has 1 unspecified atom stereocenters. The van der Waals surface area contributed by atoms with E-state index in [-0.39, 0.29) is 12.3 Å². The van der Waals surface area contributed by atoms with E-state index in [2.05, 4.69) is 5.32 Å². The number of rotatable bonds is 1. The van der Waals surface area contributed by atoms with Gasteiger partial charge < -0.3 is 5.32 Å². The van der Waals surface area contributed by atoms with E-state index in [1.54, 1.807) is 0 Å². The third kappa shape index (κ3) is 2.16. The van der Waals surface area contributed by atoms with Gasteiger partial charge in [0.2, 0.25) is 5.91 Å². The Morgan fingerprint density at radius 2 is 2.18 bits per heavy atom. The van der Waals surface area contributed by atoms with Gasteiger partial charge in [0.25, 0.3) is 10.1 Å². The lowest BCUT2D eigenvalue weighted by Gasteiger charge is -2.18. The molecule has 1 amide bonds. The molecule has 0 spiro atoms. The van der Waals surface area contributed by atoms with Crippen molar-refractivity contribution in [3.8, 4) is 0 Å². The number of carbonyl (C=O) groups is 1. The molecule has 1 aliphatic rings. The second kappa shape index (κ2) is 2.78. The molecule has 0 aromatic rings. The number of amides is 1. The van der Waals surface area contributed by atoms with Gasteiger partial charge in [-0.25, -0.2) is 0 Å². The van der Waals surface area contributed by atoms with Gasteiger partial charge in [0.15, 0.2) is 0 Å². The topological polar surface area (TPSA) is 83.5 Å². The summed E-state index contributed by atoms with van der Waals surface area (Å²) < 4.78 is 29.6. The van der Waals surface area contributed by atoms with Gasteiger partial charge in [0.05, 0.1) is 5.25 Å². The minimum absolute atomic E-state index is 0.126. The van der Waals surface area contributed by atoms with Crippen LogP contribution in [0.4, 0.5) is 0 Å². The van der Waals surface area contributed by atoms with Crippen LogP contribution in [0.3, 0.4) is 0 Å². The Labute approximate surface area is 64.5 Å². The van der Waals surface area contributed by atoms with Crippen LogP contribution < -0.4 is 5.32 Å². The Kier molecular flexibility index (Phi) is 2.15. The molecule has 0 aliphatic carbocycles. The van der Waals surface area contributed by atoms with E-state index in [1.807, 2.05) is 0 Å². The van der Waals surface area contributed by atoms with E-state index in [4.69, 9.17) is 4.55 Å². The zero-order chi connectivity index (χ0) is 8.48. The maximum absolute atomic E-state index is 10.6. The Hall–Kier alpha value is -0.620. The molecular formula is C5H9NO4S. The van der Waals surface area contributed by atoms with Crippen molar-refractivity contribution < 1.29 is 17.8 Å². The highest BCUT2D eigenvalue weighted by molar-refractivity contribution is 7.86. The van der Waals surface area contributed by atoms with Crippen molar-refractivity contribution in [2.45, 2.75) is 18.1 Å². The Morgan fingerprint density at radius 3 is 2.55 bits per heavy atom. The number of hydrogen-bond acceptors (Lipinski definition) is 3. The summed E-state index contributed by atoms with van der Waals surface area (Å²) in [7, 11) is -4.02. The van der Waals surface area contributed by atoms with Crippen LogP contribution >= 0.6 is 0 Å². The Morgan fingerprint density at radius 1 is 1.55 bits per heavy atom. The molecule has 0 aromatic carbocycles. The molecule has 2 N–H and O–H groups in total. The van der Waals surface area contributed by atoms with Gasteiger partial charge in [-0.1, -0.05) is 0 Å².